The number of benzene rings is 3. The number of hydrogen-bond acceptors (Lipinski definition) is 6. The molecule has 178 valence electrons. The summed E-state index contributed by atoms with van der Waals surface area (Å²) in [5.74, 6) is 0. The van der Waals surface area contributed by atoms with Crippen molar-refractivity contribution in [3.8, 4) is 0 Å². The van der Waals surface area contributed by atoms with E-state index in [0.29, 0.717) is 10.0 Å². The van der Waals surface area contributed by atoms with Gasteiger partial charge in [-0.3, -0.25) is 0 Å². The lowest BCUT2D eigenvalue weighted by molar-refractivity contribution is 0.0698. The van der Waals surface area contributed by atoms with Crippen molar-refractivity contribution in [1.29, 1.82) is 0 Å². The van der Waals surface area contributed by atoms with Gasteiger partial charge in [0.05, 0.1) is 23.4 Å². The maximum Gasteiger partial charge on any atom is 0.241 e. The molecular formula is C24H23Cl2N3O4S. The molecule has 0 saturated carbocycles. The van der Waals surface area contributed by atoms with Gasteiger partial charge in [0, 0.05) is 10.0 Å². The minimum absolute atomic E-state index is 0.0777. The van der Waals surface area contributed by atoms with Gasteiger partial charge in [0.15, 0.2) is 0 Å². The molecule has 0 amide bonds. The molecule has 3 aromatic rings. The highest BCUT2D eigenvalue weighted by molar-refractivity contribution is 7.89. The van der Waals surface area contributed by atoms with Gasteiger partial charge in [0.2, 0.25) is 10.0 Å². The molecule has 0 spiro atoms. The second kappa shape index (κ2) is 12.5. The molecule has 0 aliphatic rings. The van der Waals surface area contributed by atoms with Gasteiger partial charge in [-0.1, -0.05) is 75.5 Å². The Morgan fingerprint density at radius 1 is 0.794 bits per heavy atom. The lowest BCUT2D eigenvalue weighted by Gasteiger charge is -2.16. The number of halogens is 2. The number of aryl methyl sites for hydroxylation is 1. The number of sulfonamides is 1. The summed E-state index contributed by atoms with van der Waals surface area (Å²) in [7, 11) is -3.81. The van der Waals surface area contributed by atoms with Crippen molar-refractivity contribution in [3.63, 3.8) is 0 Å². The molecule has 0 bridgehead atoms. The first kappa shape index (κ1) is 25.7. The first-order valence-corrected chi connectivity index (χ1v) is 12.5. The smallest absolute Gasteiger partial charge is 0.241 e. The van der Waals surface area contributed by atoms with Gasteiger partial charge in [-0.2, -0.15) is 0 Å². The molecule has 34 heavy (non-hydrogen) atoms. The van der Waals surface area contributed by atoms with E-state index in [1.807, 2.05) is 6.92 Å². The zero-order chi connectivity index (χ0) is 24.4. The molecule has 7 nitrogen and oxygen atoms in total. The van der Waals surface area contributed by atoms with Crippen LogP contribution in [0.2, 0.25) is 10.0 Å². The number of nitrogens with one attached hydrogen (secondary N) is 1. The summed E-state index contributed by atoms with van der Waals surface area (Å²) < 4.78 is 28.2. The predicted octanol–water partition coefficient (Wildman–Crippen LogP) is 5.05. The average molecular weight is 520 g/mol. The van der Waals surface area contributed by atoms with Gasteiger partial charge in [-0.25, -0.2) is 13.1 Å². The molecule has 0 radical (unpaired) electrons. The average Bonchev–Trinajstić information content (AvgIpc) is 2.81. The van der Waals surface area contributed by atoms with Crippen LogP contribution in [-0.2, 0) is 19.7 Å². The van der Waals surface area contributed by atoms with E-state index in [1.165, 1.54) is 24.6 Å². The molecular weight excluding hydrogens is 497 g/mol. The zero-order valence-electron chi connectivity index (χ0n) is 18.3. The molecule has 0 atom stereocenters. The third kappa shape index (κ3) is 8.46. The van der Waals surface area contributed by atoms with Crippen LogP contribution in [0.4, 0.5) is 0 Å². The van der Waals surface area contributed by atoms with E-state index in [1.54, 1.807) is 60.7 Å². The normalized spacial score (nSPS) is 12.8. The summed E-state index contributed by atoms with van der Waals surface area (Å²) in [6, 6.07) is 19.8. The van der Waals surface area contributed by atoms with Gasteiger partial charge in [0.25, 0.3) is 0 Å². The fraction of sp³-hybridized carbons (Fsp3) is 0.167. The largest absolute Gasteiger partial charge is 0.394 e. The van der Waals surface area contributed by atoms with E-state index in [4.69, 9.17) is 32.9 Å². The summed E-state index contributed by atoms with van der Waals surface area (Å²) in [5, 5.41) is 9.02. The van der Waals surface area contributed by atoms with Crippen molar-refractivity contribution in [2.24, 2.45) is 10.3 Å². The number of nitrogens with zero attached hydrogens (tertiary/aromatic N) is 2. The molecule has 0 fully saturated rings. The van der Waals surface area contributed by atoms with Crippen LogP contribution in [0, 0.1) is 6.92 Å². The monoisotopic (exact) mass is 519 g/mol. The lowest BCUT2D eigenvalue weighted by atomic mass is 10.2. The van der Waals surface area contributed by atoms with Crippen molar-refractivity contribution in [2.45, 2.75) is 17.9 Å². The Bertz CT molecular complexity index is 1160. The summed E-state index contributed by atoms with van der Waals surface area (Å²) >= 11 is 11.7. The Hall–Kier alpha value is -2.91. The fourth-order valence-electron chi connectivity index (χ4n) is 2.68. The van der Waals surface area contributed by atoms with Crippen LogP contribution in [0.25, 0.3) is 0 Å². The van der Waals surface area contributed by atoms with Crippen molar-refractivity contribution < 1.29 is 18.1 Å². The van der Waals surface area contributed by atoms with Crippen molar-refractivity contribution in [1.82, 2.24) is 4.72 Å². The van der Waals surface area contributed by atoms with Crippen LogP contribution in [-0.4, -0.2) is 40.1 Å². The Morgan fingerprint density at radius 2 is 1.24 bits per heavy atom. The maximum atomic E-state index is 12.8. The quantitative estimate of drug-likeness (QED) is 0.283. The van der Waals surface area contributed by atoms with Gasteiger partial charge < -0.3 is 9.68 Å². The molecule has 0 unspecified atom stereocenters. The standard InChI is InChI=1S/C24H23Cl2N3O4S/c1-18-2-12-24(13-3-18)34(30,31)29-23(16-32-27-14-19-4-8-21(25)9-5-19)17-33-28-15-20-6-10-22(26)11-7-20/h2-15,23,29H,16-17H2,1H3. The Balaban J connectivity index is 1.63. The van der Waals surface area contributed by atoms with Crippen LogP contribution in [0.5, 0.6) is 0 Å². The van der Waals surface area contributed by atoms with Gasteiger partial charge in [-0.15, -0.1) is 0 Å². The van der Waals surface area contributed by atoms with Crippen molar-refractivity contribution in [3.05, 3.63) is 99.5 Å². The SMILES string of the molecule is Cc1ccc(S(=O)(=O)NC(CON=Cc2ccc(Cl)cc2)CON=Cc2ccc(Cl)cc2)cc1. The third-order valence-corrected chi connectivity index (χ3v) is 6.54. The molecule has 10 heteroatoms. The highest BCUT2D eigenvalue weighted by atomic mass is 35.5. The number of oxime groups is 2. The highest BCUT2D eigenvalue weighted by Gasteiger charge is 2.21. The topological polar surface area (TPSA) is 89.4 Å². The van der Waals surface area contributed by atoms with Gasteiger partial charge in [-0.05, 0) is 54.4 Å². The van der Waals surface area contributed by atoms with Crippen LogP contribution in [0.15, 0.2) is 88.0 Å². The van der Waals surface area contributed by atoms with Crippen molar-refractivity contribution >= 4 is 45.7 Å². The van der Waals surface area contributed by atoms with Crippen LogP contribution in [0.3, 0.4) is 0 Å². The van der Waals surface area contributed by atoms with Crippen molar-refractivity contribution in [2.75, 3.05) is 13.2 Å². The highest BCUT2D eigenvalue weighted by Crippen LogP contribution is 2.12. The zero-order valence-corrected chi connectivity index (χ0v) is 20.6. The van der Waals surface area contributed by atoms with Gasteiger partial charge >= 0.3 is 0 Å². The van der Waals surface area contributed by atoms with E-state index < -0.39 is 16.1 Å². The molecule has 1 N–H and O–H groups in total. The Labute approximate surface area is 209 Å². The van der Waals surface area contributed by atoms with Gasteiger partial charge in [0.1, 0.15) is 13.2 Å². The second-order valence-corrected chi connectivity index (χ2v) is 9.88. The molecule has 0 heterocycles. The molecule has 0 saturated heterocycles. The number of rotatable bonds is 11. The van der Waals surface area contributed by atoms with E-state index in [-0.39, 0.29) is 18.1 Å². The van der Waals surface area contributed by atoms with Crippen LogP contribution >= 0.6 is 23.2 Å². The third-order valence-electron chi connectivity index (χ3n) is 4.50. The minimum atomic E-state index is -3.81. The van der Waals surface area contributed by atoms with E-state index in [9.17, 15) is 8.42 Å². The molecule has 0 aromatic heterocycles. The fourth-order valence-corrected chi connectivity index (χ4v) is 4.14. The first-order valence-electron chi connectivity index (χ1n) is 10.2. The molecule has 0 aliphatic heterocycles. The summed E-state index contributed by atoms with van der Waals surface area (Å²) in [6.45, 7) is 1.73. The molecule has 0 aliphatic carbocycles. The second-order valence-electron chi connectivity index (χ2n) is 7.29. The Kier molecular flexibility index (Phi) is 9.47. The summed E-state index contributed by atoms with van der Waals surface area (Å²) in [5.41, 5.74) is 2.52. The summed E-state index contributed by atoms with van der Waals surface area (Å²) in [6.07, 6.45) is 3.00. The summed E-state index contributed by atoms with van der Waals surface area (Å²) in [4.78, 5) is 10.8. The van der Waals surface area contributed by atoms with E-state index in [0.717, 1.165) is 16.7 Å². The van der Waals surface area contributed by atoms with Crippen LogP contribution in [0.1, 0.15) is 16.7 Å². The predicted molar refractivity (Wildman–Crippen MR) is 135 cm³/mol. The number of hydrogen-bond donors (Lipinski definition) is 1. The first-order chi connectivity index (χ1) is 16.3. The van der Waals surface area contributed by atoms with E-state index >= 15 is 0 Å². The maximum absolute atomic E-state index is 12.8. The van der Waals surface area contributed by atoms with E-state index in [2.05, 4.69) is 15.0 Å². The minimum Gasteiger partial charge on any atom is -0.394 e. The molecule has 3 aromatic carbocycles. The molecule has 3 rings (SSSR count). The Morgan fingerprint density at radius 3 is 1.68 bits per heavy atom. The lowest BCUT2D eigenvalue weighted by Crippen LogP contribution is -2.40. The van der Waals surface area contributed by atoms with Crippen LogP contribution < -0.4 is 4.72 Å².